The predicted molar refractivity (Wildman–Crippen MR) is 125 cm³/mol. The first kappa shape index (κ1) is 25.4. The first-order chi connectivity index (χ1) is 17.9. The number of ether oxygens (including phenoxy) is 1. The van der Waals surface area contributed by atoms with Gasteiger partial charge in [-0.15, -0.1) is 13.2 Å². The maximum absolute atomic E-state index is 13.6. The topological polar surface area (TPSA) is 65.4 Å². The molecule has 196 valence electrons. The third-order valence-electron chi connectivity index (χ3n) is 6.74. The molecule has 0 saturated heterocycles. The standard InChI is InChI=1S/C27H19F6N3O2/c28-26(29,30)19-4-9-22-23(12-19)35-25(13-18(14-25)11-16-2-1-3-17(10-16)15-34)36(24(22)37)20-5-7-21(8-6-20)38-27(31,32)33/h1-10,12,18,35H,11,13-14H2. The molecule has 1 fully saturated rings. The average molecular weight is 531 g/mol. The zero-order valence-corrected chi connectivity index (χ0v) is 19.5. The first-order valence-corrected chi connectivity index (χ1v) is 11.6. The van der Waals surface area contributed by atoms with Gasteiger partial charge in [-0.05, 0) is 85.3 Å². The summed E-state index contributed by atoms with van der Waals surface area (Å²) in [6.07, 6.45) is -8.18. The third-order valence-corrected chi connectivity index (χ3v) is 6.74. The number of carbonyl (C=O) groups excluding carboxylic acids is 1. The number of fused-ring (bicyclic) bond motifs is 1. The maximum atomic E-state index is 13.6. The van der Waals surface area contributed by atoms with Crippen LogP contribution in [0.3, 0.4) is 0 Å². The zero-order valence-electron chi connectivity index (χ0n) is 19.5. The van der Waals surface area contributed by atoms with Crippen molar-refractivity contribution in [1.29, 1.82) is 5.26 Å². The number of carbonyl (C=O) groups is 1. The minimum atomic E-state index is -4.88. The lowest BCUT2D eigenvalue weighted by molar-refractivity contribution is -0.274. The van der Waals surface area contributed by atoms with Gasteiger partial charge in [-0.3, -0.25) is 9.69 Å². The molecule has 1 aliphatic heterocycles. The van der Waals surface area contributed by atoms with Gasteiger partial charge in [0.1, 0.15) is 11.4 Å². The summed E-state index contributed by atoms with van der Waals surface area (Å²) in [6, 6.07) is 16.7. The van der Waals surface area contributed by atoms with Crippen molar-refractivity contribution in [3.05, 3.63) is 89.0 Å². The lowest BCUT2D eigenvalue weighted by Gasteiger charge is -2.57. The highest BCUT2D eigenvalue weighted by atomic mass is 19.4. The molecule has 1 aliphatic carbocycles. The molecule has 0 aromatic heterocycles. The Balaban J connectivity index is 1.48. The van der Waals surface area contributed by atoms with Crippen molar-refractivity contribution >= 4 is 17.3 Å². The Labute approximate surface area is 213 Å². The van der Waals surface area contributed by atoms with Crippen LogP contribution in [-0.2, 0) is 12.6 Å². The highest BCUT2D eigenvalue weighted by Gasteiger charge is 2.54. The normalized spacial score (nSPS) is 20.8. The first-order valence-electron chi connectivity index (χ1n) is 11.6. The molecule has 1 spiro atoms. The second-order valence-electron chi connectivity index (χ2n) is 9.39. The van der Waals surface area contributed by atoms with Gasteiger partial charge in [0.05, 0.1) is 22.8 Å². The zero-order chi connectivity index (χ0) is 27.3. The van der Waals surface area contributed by atoms with Crippen LogP contribution in [0.4, 0.5) is 37.7 Å². The number of amides is 1. The Morgan fingerprint density at radius 3 is 2.34 bits per heavy atom. The summed E-state index contributed by atoms with van der Waals surface area (Å²) in [7, 11) is 0. The van der Waals surface area contributed by atoms with Crippen LogP contribution in [-0.4, -0.2) is 17.9 Å². The fraction of sp³-hybridized carbons (Fsp3) is 0.259. The van der Waals surface area contributed by atoms with Crippen LogP contribution in [0.15, 0.2) is 66.7 Å². The lowest BCUT2D eigenvalue weighted by atomic mass is 9.69. The number of nitriles is 1. The quantitative estimate of drug-likeness (QED) is 0.372. The Bertz CT molecular complexity index is 1420. The molecule has 0 atom stereocenters. The fourth-order valence-corrected chi connectivity index (χ4v) is 5.22. The molecule has 2 aliphatic rings. The maximum Gasteiger partial charge on any atom is 0.573 e. The number of rotatable bonds is 4. The molecule has 0 bridgehead atoms. The van der Waals surface area contributed by atoms with Gasteiger partial charge in [-0.1, -0.05) is 12.1 Å². The molecule has 0 radical (unpaired) electrons. The van der Waals surface area contributed by atoms with Crippen molar-refractivity contribution in [1.82, 2.24) is 0 Å². The molecule has 1 saturated carbocycles. The molecule has 5 nitrogen and oxygen atoms in total. The Morgan fingerprint density at radius 2 is 1.71 bits per heavy atom. The van der Waals surface area contributed by atoms with Crippen LogP contribution in [0.5, 0.6) is 5.75 Å². The van der Waals surface area contributed by atoms with Crippen molar-refractivity contribution in [2.24, 2.45) is 5.92 Å². The second-order valence-corrected chi connectivity index (χ2v) is 9.39. The summed E-state index contributed by atoms with van der Waals surface area (Å²) < 4.78 is 81.8. The van der Waals surface area contributed by atoms with E-state index in [-0.39, 0.29) is 22.9 Å². The van der Waals surface area contributed by atoms with Crippen LogP contribution in [0.2, 0.25) is 0 Å². The summed E-state index contributed by atoms with van der Waals surface area (Å²) in [5.74, 6) is -0.999. The van der Waals surface area contributed by atoms with Gasteiger partial charge < -0.3 is 10.1 Å². The van der Waals surface area contributed by atoms with Gasteiger partial charge >= 0.3 is 12.5 Å². The van der Waals surface area contributed by atoms with Crippen LogP contribution in [0.1, 0.15) is 39.9 Å². The van der Waals surface area contributed by atoms with E-state index in [1.54, 1.807) is 18.2 Å². The second kappa shape index (κ2) is 8.97. The van der Waals surface area contributed by atoms with Gasteiger partial charge in [0, 0.05) is 11.4 Å². The molecule has 11 heteroatoms. The fourth-order valence-electron chi connectivity index (χ4n) is 5.22. The van der Waals surface area contributed by atoms with Gasteiger partial charge in [0.15, 0.2) is 0 Å². The van der Waals surface area contributed by atoms with Crippen molar-refractivity contribution in [3.8, 4) is 11.8 Å². The number of nitrogens with zero attached hydrogens (tertiary/aromatic N) is 2. The van der Waals surface area contributed by atoms with Crippen LogP contribution < -0.4 is 15.0 Å². The van der Waals surface area contributed by atoms with Crippen molar-refractivity contribution < 1.29 is 35.9 Å². The van der Waals surface area contributed by atoms with E-state index in [2.05, 4.69) is 16.1 Å². The van der Waals surface area contributed by atoms with E-state index in [0.29, 0.717) is 24.8 Å². The average Bonchev–Trinajstić information content (AvgIpc) is 2.82. The summed E-state index contributed by atoms with van der Waals surface area (Å²) in [4.78, 5) is 15.0. The molecule has 5 rings (SSSR count). The summed E-state index contributed by atoms with van der Waals surface area (Å²) in [5, 5.41) is 12.3. The van der Waals surface area contributed by atoms with E-state index in [1.165, 1.54) is 17.0 Å². The van der Waals surface area contributed by atoms with Crippen molar-refractivity contribution in [2.75, 3.05) is 10.2 Å². The molecular formula is C27H19F6N3O2. The summed E-state index contributed by atoms with van der Waals surface area (Å²) in [5.41, 5.74) is -0.249. The molecule has 1 heterocycles. The predicted octanol–water partition coefficient (Wildman–Crippen LogP) is 6.90. The van der Waals surface area contributed by atoms with Crippen molar-refractivity contribution in [3.63, 3.8) is 0 Å². The van der Waals surface area contributed by atoms with Crippen LogP contribution in [0, 0.1) is 17.2 Å². The third kappa shape index (κ3) is 4.86. The highest BCUT2D eigenvalue weighted by molar-refractivity contribution is 6.13. The Hall–Kier alpha value is -4.20. The molecule has 0 unspecified atom stereocenters. The van der Waals surface area contributed by atoms with Crippen LogP contribution >= 0.6 is 0 Å². The van der Waals surface area contributed by atoms with E-state index < -0.39 is 35.4 Å². The number of anilines is 2. The Morgan fingerprint density at radius 1 is 1.00 bits per heavy atom. The largest absolute Gasteiger partial charge is 0.573 e. The number of benzene rings is 3. The molecular weight excluding hydrogens is 512 g/mol. The summed E-state index contributed by atoms with van der Waals surface area (Å²) >= 11 is 0. The van der Waals surface area contributed by atoms with E-state index >= 15 is 0 Å². The lowest BCUT2D eigenvalue weighted by Crippen LogP contribution is -2.67. The van der Waals surface area contributed by atoms with E-state index in [0.717, 1.165) is 35.9 Å². The molecule has 1 amide bonds. The SMILES string of the molecule is N#Cc1cccc(CC2CC3(C2)Nc2cc(C(F)(F)F)ccc2C(=O)N3c2ccc(OC(F)(F)F)cc2)c1. The van der Waals surface area contributed by atoms with Gasteiger partial charge in [-0.2, -0.15) is 18.4 Å². The number of hydrogen-bond donors (Lipinski definition) is 1. The highest BCUT2D eigenvalue weighted by Crippen LogP contribution is 2.50. The minimum absolute atomic E-state index is 0.0180. The van der Waals surface area contributed by atoms with E-state index in [9.17, 15) is 31.1 Å². The smallest absolute Gasteiger partial charge is 0.406 e. The van der Waals surface area contributed by atoms with Gasteiger partial charge in [-0.25, -0.2) is 0 Å². The number of halogens is 6. The number of alkyl halides is 6. The van der Waals surface area contributed by atoms with E-state index in [4.69, 9.17) is 5.26 Å². The minimum Gasteiger partial charge on any atom is -0.406 e. The molecule has 38 heavy (non-hydrogen) atoms. The van der Waals surface area contributed by atoms with Gasteiger partial charge in [0.2, 0.25) is 0 Å². The molecule has 3 aromatic rings. The monoisotopic (exact) mass is 531 g/mol. The number of hydrogen-bond acceptors (Lipinski definition) is 4. The van der Waals surface area contributed by atoms with Crippen LogP contribution in [0.25, 0.3) is 0 Å². The number of nitrogens with one attached hydrogen (secondary N) is 1. The Kier molecular flexibility index (Phi) is 6.01. The van der Waals surface area contributed by atoms with E-state index in [1.807, 2.05) is 6.07 Å². The van der Waals surface area contributed by atoms with Gasteiger partial charge in [0.25, 0.3) is 5.91 Å². The molecule has 1 N–H and O–H groups in total. The molecule has 3 aromatic carbocycles. The van der Waals surface area contributed by atoms with Crippen molar-refractivity contribution in [2.45, 2.75) is 37.5 Å². The summed E-state index contributed by atoms with van der Waals surface area (Å²) in [6.45, 7) is 0.